The van der Waals surface area contributed by atoms with Gasteiger partial charge in [-0.25, -0.2) is 4.39 Å². The van der Waals surface area contributed by atoms with E-state index in [9.17, 15) is 9.50 Å². The van der Waals surface area contributed by atoms with E-state index < -0.39 is 5.82 Å². The Hall–Kier alpha value is -1.64. The highest BCUT2D eigenvalue weighted by Crippen LogP contribution is 2.34. The number of ether oxygens (including phenoxy) is 1. The monoisotopic (exact) mass is 278 g/mol. The Morgan fingerprint density at radius 1 is 1.40 bits per heavy atom. The number of aliphatic hydroxyl groups excluding tert-OH is 1. The van der Waals surface area contributed by atoms with Crippen molar-refractivity contribution < 1.29 is 14.2 Å². The van der Waals surface area contributed by atoms with Crippen molar-refractivity contribution in [1.82, 2.24) is 0 Å². The van der Waals surface area contributed by atoms with E-state index >= 15 is 0 Å². The Morgan fingerprint density at radius 3 is 2.80 bits per heavy atom. The number of nitrogens with zero attached hydrogens (tertiary/aromatic N) is 1. The van der Waals surface area contributed by atoms with Gasteiger partial charge in [-0.15, -0.1) is 0 Å². The van der Waals surface area contributed by atoms with Gasteiger partial charge in [-0.1, -0.05) is 0 Å². The van der Waals surface area contributed by atoms with Crippen molar-refractivity contribution in [2.24, 2.45) is 5.41 Å². The minimum absolute atomic E-state index is 0.0197. The molecule has 0 spiro atoms. The van der Waals surface area contributed by atoms with Crippen LogP contribution in [0.1, 0.15) is 24.8 Å². The molecule has 0 aromatic heterocycles. The zero-order valence-corrected chi connectivity index (χ0v) is 11.4. The summed E-state index contributed by atoms with van der Waals surface area (Å²) >= 11 is 0. The van der Waals surface area contributed by atoms with Crippen LogP contribution < -0.4 is 5.32 Å². The highest BCUT2D eigenvalue weighted by molar-refractivity contribution is 5.57. The summed E-state index contributed by atoms with van der Waals surface area (Å²) in [6.07, 6.45) is 2.46. The number of nitrogens with one attached hydrogen (secondary N) is 1. The van der Waals surface area contributed by atoms with Crippen LogP contribution in [-0.2, 0) is 4.74 Å². The molecule has 0 saturated carbocycles. The summed E-state index contributed by atoms with van der Waals surface area (Å²) in [7, 11) is 0. The van der Waals surface area contributed by atoms with Gasteiger partial charge in [0, 0.05) is 26.4 Å². The normalized spacial score (nSPS) is 17.4. The average molecular weight is 278 g/mol. The van der Waals surface area contributed by atoms with E-state index in [0.29, 0.717) is 37.4 Å². The summed E-state index contributed by atoms with van der Waals surface area (Å²) in [4.78, 5) is 0. The first-order valence-electron chi connectivity index (χ1n) is 6.81. The van der Waals surface area contributed by atoms with Gasteiger partial charge in [0.1, 0.15) is 11.9 Å². The lowest BCUT2D eigenvalue weighted by molar-refractivity contribution is 0.00905. The molecule has 0 radical (unpaired) electrons. The predicted molar refractivity (Wildman–Crippen MR) is 73.8 cm³/mol. The summed E-state index contributed by atoms with van der Waals surface area (Å²) in [5.41, 5.74) is 0.919. The van der Waals surface area contributed by atoms with Gasteiger partial charge in [-0.2, -0.15) is 5.26 Å². The van der Waals surface area contributed by atoms with Gasteiger partial charge in [0.25, 0.3) is 0 Å². The Kier molecular flexibility index (Phi) is 4.94. The van der Waals surface area contributed by atoms with Crippen LogP contribution in [0.25, 0.3) is 0 Å². The quantitative estimate of drug-likeness (QED) is 0.867. The molecule has 1 aromatic rings. The number of hydrogen-bond donors (Lipinski definition) is 2. The Balaban J connectivity index is 2.08. The molecular weight excluding hydrogens is 259 g/mol. The second-order valence-corrected chi connectivity index (χ2v) is 5.24. The SMILES string of the molecule is N#Cc1cc(F)ccc1NCC1(CCO)CCOCC1. The van der Waals surface area contributed by atoms with Gasteiger partial charge in [-0.05, 0) is 42.9 Å². The molecule has 1 aliphatic heterocycles. The van der Waals surface area contributed by atoms with E-state index in [1.165, 1.54) is 12.1 Å². The number of halogens is 1. The lowest BCUT2D eigenvalue weighted by atomic mass is 9.77. The van der Waals surface area contributed by atoms with Gasteiger partial charge in [0.2, 0.25) is 0 Å². The molecule has 1 aliphatic rings. The molecule has 0 unspecified atom stereocenters. The molecule has 1 saturated heterocycles. The molecular formula is C15H19FN2O2. The summed E-state index contributed by atoms with van der Waals surface area (Å²) in [6, 6.07) is 6.14. The van der Waals surface area contributed by atoms with E-state index in [1.807, 2.05) is 6.07 Å². The van der Waals surface area contributed by atoms with Crippen molar-refractivity contribution >= 4 is 5.69 Å². The minimum atomic E-state index is -0.414. The number of rotatable bonds is 5. The standard InChI is InChI=1S/C15H19FN2O2/c16-13-1-2-14(12(9-13)10-17)18-11-15(3-6-19)4-7-20-8-5-15/h1-2,9,18-19H,3-8,11H2. The summed E-state index contributed by atoms with van der Waals surface area (Å²) in [6.45, 7) is 2.17. The smallest absolute Gasteiger partial charge is 0.124 e. The third-order valence-corrected chi connectivity index (χ3v) is 3.95. The second-order valence-electron chi connectivity index (χ2n) is 5.24. The van der Waals surface area contributed by atoms with Gasteiger partial charge in [0.05, 0.1) is 11.3 Å². The molecule has 0 atom stereocenters. The molecule has 108 valence electrons. The highest BCUT2D eigenvalue weighted by atomic mass is 19.1. The third kappa shape index (κ3) is 3.47. The summed E-state index contributed by atoms with van der Waals surface area (Å²) in [5.74, 6) is -0.414. The first-order chi connectivity index (χ1) is 9.69. The maximum absolute atomic E-state index is 13.1. The highest BCUT2D eigenvalue weighted by Gasteiger charge is 2.32. The van der Waals surface area contributed by atoms with Gasteiger partial charge < -0.3 is 15.2 Å². The van der Waals surface area contributed by atoms with E-state index in [1.54, 1.807) is 6.07 Å². The number of anilines is 1. The third-order valence-electron chi connectivity index (χ3n) is 3.95. The zero-order chi connectivity index (χ0) is 14.4. The van der Waals surface area contributed by atoms with E-state index in [4.69, 9.17) is 10.00 Å². The topological polar surface area (TPSA) is 65.3 Å². The van der Waals surface area contributed by atoms with E-state index in [2.05, 4.69) is 5.32 Å². The maximum atomic E-state index is 13.1. The molecule has 5 heteroatoms. The molecule has 1 heterocycles. The maximum Gasteiger partial charge on any atom is 0.124 e. The van der Waals surface area contributed by atoms with E-state index in [0.717, 1.165) is 12.8 Å². The molecule has 0 bridgehead atoms. The average Bonchev–Trinajstić information content (AvgIpc) is 2.47. The van der Waals surface area contributed by atoms with Crippen LogP contribution in [0.2, 0.25) is 0 Å². The van der Waals surface area contributed by atoms with Crippen LogP contribution in [0, 0.1) is 22.6 Å². The van der Waals surface area contributed by atoms with Crippen LogP contribution >= 0.6 is 0 Å². The Bertz CT molecular complexity index is 488. The first kappa shape index (κ1) is 14.8. The second kappa shape index (κ2) is 6.69. The van der Waals surface area contributed by atoms with Crippen LogP contribution in [-0.4, -0.2) is 31.5 Å². The Morgan fingerprint density at radius 2 is 2.15 bits per heavy atom. The molecule has 20 heavy (non-hydrogen) atoms. The predicted octanol–water partition coefficient (Wildman–Crippen LogP) is 2.29. The van der Waals surface area contributed by atoms with Crippen molar-refractivity contribution in [2.75, 3.05) is 31.7 Å². The molecule has 0 amide bonds. The molecule has 4 nitrogen and oxygen atoms in total. The number of nitriles is 1. The summed E-state index contributed by atoms with van der Waals surface area (Å²) < 4.78 is 18.5. The first-order valence-corrected chi connectivity index (χ1v) is 6.81. The van der Waals surface area contributed by atoms with Crippen molar-refractivity contribution in [2.45, 2.75) is 19.3 Å². The fourth-order valence-electron chi connectivity index (χ4n) is 2.60. The number of benzene rings is 1. The fourth-order valence-corrected chi connectivity index (χ4v) is 2.60. The Labute approximate surface area is 118 Å². The summed E-state index contributed by atoms with van der Waals surface area (Å²) in [5, 5.41) is 21.5. The van der Waals surface area contributed by atoms with Crippen molar-refractivity contribution in [1.29, 1.82) is 5.26 Å². The molecule has 1 fully saturated rings. The molecule has 2 rings (SSSR count). The van der Waals surface area contributed by atoms with Crippen LogP contribution in [0.5, 0.6) is 0 Å². The molecule has 1 aromatic carbocycles. The zero-order valence-electron chi connectivity index (χ0n) is 11.4. The van der Waals surface area contributed by atoms with Gasteiger partial charge >= 0.3 is 0 Å². The molecule has 2 N–H and O–H groups in total. The largest absolute Gasteiger partial charge is 0.396 e. The fraction of sp³-hybridized carbons (Fsp3) is 0.533. The number of aliphatic hydroxyl groups is 1. The van der Waals surface area contributed by atoms with Gasteiger partial charge in [0.15, 0.2) is 0 Å². The van der Waals surface area contributed by atoms with E-state index in [-0.39, 0.29) is 12.0 Å². The van der Waals surface area contributed by atoms with Crippen LogP contribution in [0.15, 0.2) is 18.2 Å². The van der Waals surface area contributed by atoms with Crippen molar-refractivity contribution in [3.63, 3.8) is 0 Å². The number of hydrogen-bond acceptors (Lipinski definition) is 4. The lowest BCUT2D eigenvalue weighted by Crippen LogP contribution is -2.37. The molecule has 0 aliphatic carbocycles. The minimum Gasteiger partial charge on any atom is -0.396 e. The lowest BCUT2D eigenvalue weighted by Gasteiger charge is -2.37. The van der Waals surface area contributed by atoms with Gasteiger partial charge in [-0.3, -0.25) is 0 Å². The van der Waals surface area contributed by atoms with Crippen LogP contribution in [0.3, 0.4) is 0 Å². The van der Waals surface area contributed by atoms with Crippen LogP contribution in [0.4, 0.5) is 10.1 Å². The van der Waals surface area contributed by atoms with Crippen molar-refractivity contribution in [3.8, 4) is 6.07 Å². The van der Waals surface area contributed by atoms with Crippen molar-refractivity contribution in [3.05, 3.63) is 29.6 Å².